The maximum atomic E-state index is 13.2. The molecule has 4 heterocycles. The standard InChI is InChI=1S/C30H25FN6O2/c1-17-5-4-6-26(35-17)39-22-11-12-23-20(13-22)14-25(19-7-9-21(10-8-19)36-30(38)18(2)31)37(3)29-27-24(23)15-32-28(27)33-16-34-29/h4-11,13-14,16H,2,12,15H2,1,3H3,(H,36,38)(H,32,33,34). The van der Waals surface area contributed by atoms with Gasteiger partial charge in [-0.2, -0.15) is 0 Å². The van der Waals surface area contributed by atoms with Gasteiger partial charge in [-0.3, -0.25) is 9.79 Å². The van der Waals surface area contributed by atoms with Gasteiger partial charge >= 0.3 is 0 Å². The van der Waals surface area contributed by atoms with E-state index in [9.17, 15) is 9.18 Å². The maximum Gasteiger partial charge on any atom is 0.283 e. The van der Waals surface area contributed by atoms with E-state index in [4.69, 9.17) is 9.73 Å². The second-order valence-corrected chi connectivity index (χ2v) is 9.38. The minimum Gasteiger partial charge on any atom is -0.439 e. The van der Waals surface area contributed by atoms with Crippen molar-refractivity contribution in [3.8, 4) is 17.1 Å². The molecule has 9 heteroatoms. The molecule has 0 atom stereocenters. The number of pyridine rings is 1. The van der Waals surface area contributed by atoms with Gasteiger partial charge in [0.25, 0.3) is 5.91 Å². The van der Waals surface area contributed by atoms with Crippen LogP contribution in [0.1, 0.15) is 16.8 Å². The minimum atomic E-state index is -1.04. The van der Waals surface area contributed by atoms with E-state index in [1.807, 2.05) is 54.9 Å². The summed E-state index contributed by atoms with van der Waals surface area (Å²) in [5.41, 5.74) is 6.99. The van der Waals surface area contributed by atoms with E-state index < -0.39 is 11.7 Å². The Kier molecular flexibility index (Phi) is 6.03. The van der Waals surface area contributed by atoms with Crippen LogP contribution >= 0.6 is 0 Å². The number of aromatic amines is 1. The summed E-state index contributed by atoms with van der Waals surface area (Å²) in [6.07, 6.45) is 6.40. The smallest absolute Gasteiger partial charge is 0.283 e. The monoisotopic (exact) mass is 520 g/mol. The Bertz CT molecular complexity index is 1930. The molecule has 194 valence electrons. The van der Waals surface area contributed by atoms with Gasteiger partial charge in [-0.25, -0.2) is 14.4 Å². The van der Waals surface area contributed by atoms with Crippen LogP contribution in [0.3, 0.4) is 0 Å². The van der Waals surface area contributed by atoms with Crippen LogP contribution in [0.2, 0.25) is 0 Å². The number of rotatable bonds is 5. The number of nitrogens with zero attached hydrogens (tertiary/aromatic N) is 4. The van der Waals surface area contributed by atoms with Crippen molar-refractivity contribution in [3.63, 3.8) is 0 Å². The Hall–Kier alpha value is -5.05. The number of carbonyl (C=O) groups is 1. The Morgan fingerprint density at radius 3 is 2.77 bits per heavy atom. The van der Waals surface area contributed by atoms with E-state index in [1.54, 1.807) is 18.5 Å². The van der Waals surface area contributed by atoms with Crippen LogP contribution in [0.5, 0.6) is 5.88 Å². The Morgan fingerprint density at radius 1 is 1.18 bits per heavy atom. The van der Waals surface area contributed by atoms with Crippen molar-refractivity contribution in [1.82, 2.24) is 19.5 Å². The quantitative estimate of drug-likeness (QED) is 0.391. The molecular weight excluding hydrogens is 495 g/mol. The summed E-state index contributed by atoms with van der Waals surface area (Å²) in [5.74, 6) is -0.661. The molecule has 0 spiro atoms. The van der Waals surface area contributed by atoms with E-state index in [1.165, 1.54) is 0 Å². The second-order valence-electron chi connectivity index (χ2n) is 9.38. The number of carbonyl (C=O) groups excluding carboxylic acids is 1. The molecule has 39 heavy (non-hydrogen) atoms. The van der Waals surface area contributed by atoms with Gasteiger partial charge in [0.2, 0.25) is 5.88 Å². The zero-order valence-corrected chi connectivity index (χ0v) is 21.5. The molecule has 1 aromatic carbocycles. The minimum absolute atomic E-state index is 0.466. The molecule has 0 fully saturated rings. The maximum absolute atomic E-state index is 13.2. The lowest BCUT2D eigenvalue weighted by Crippen LogP contribution is -2.20. The Morgan fingerprint density at radius 2 is 2.00 bits per heavy atom. The fraction of sp³-hybridized carbons (Fsp3) is 0.133. The molecule has 4 aliphatic rings. The van der Waals surface area contributed by atoms with Gasteiger partial charge in [-0.15, -0.1) is 0 Å². The number of ether oxygens (including phenoxy) is 1. The molecule has 0 saturated heterocycles. The third kappa shape index (κ3) is 4.59. The molecule has 2 aromatic rings. The first-order chi connectivity index (χ1) is 18.9. The average Bonchev–Trinajstić information content (AvgIpc) is 3.35. The normalized spacial score (nSPS) is 13.1. The number of aryl methyl sites for hydroxylation is 1. The summed E-state index contributed by atoms with van der Waals surface area (Å²) in [6.45, 7) is 5.53. The van der Waals surface area contributed by atoms with E-state index in [0.29, 0.717) is 30.3 Å². The molecule has 8 nitrogen and oxygen atoms in total. The number of hydrogen-bond acceptors (Lipinski definition) is 5. The molecular formula is C30H25FN6O2. The van der Waals surface area contributed by atoms with Gasteiger partial charge in [-0.1, -0.05) is 24.8 Å². The average molecular weight is 521 g/mol. The Balaban J connectivity index is 1.55. The highest BCUT2D eigenvalue weighted by molar-refractivity contribution is 6.01. The summed E-state index contributed by atoms with van der Waals surface area (Å²) in [6, 6.07) is 15.0. The van der Waals surface area contributed by atoms with Crippen molar-refractivity contribution in [1.29, 1.82) is 0 Å². The molecule has 1 aliphatic carbocycles. The van der Waals surface area contributed by atoms with Crippen LogP contribution in [0.15, 0.2) is 84.1 Å². The lowest BCUT2D eigenvalue weighted by atomic mass is 9.97. The Labute approximate surface area is 222 Å². The van der Waals surface area contributed by atoms with E-state index in [-0.39, 0.29) is 0 Å². The number of nitrogens with one attached hydrogen (secondary N) is 2. The molecule has 6 rings (SSSR count). The molecule has 1 aromatic heterocycles. The van der Waals surface area contributed by atoms with Gasteiger partial charge in [-0.05, 0) is 71.7 Å². The third-order valence-electron chi connectivity index (χ3n) is 6.80. The summed E-state index contributed by atoms with van der Waals surface area (Å²) < 4.78 is 21.3. The predicted octanol–water partition coefficient (Wildman–Crippen LogP) is 3.82. The van der Waals surface area contributed by atoms with E-state index >= 15 is 0 Å². The van der Waals surface area contributed by atoms with Crippen LogP contribution in [0.4, 0.5) is 10.1 Å². The molecule has 0 radical (unpaired) electrons. The zero-order chi connectivity index (χ0) is 27.1. The van der Waals surface area contributed by atoms with Crippen LogP contribution < -0.4 is 20.8 Å². The highest BCUT2D eigenvalue weighted by Crippen LogP contribution is 2.23. The lowest BCUT2D eigenvalue weighted by Gasteiger charge is -2.16. The molecule has 0 saturated carbocycles. The highest BCUT2D eigenvalue weighted by Gasteiger charge is 2.17. The number of anilines is 1. The molecule has 2 N–H and O–H groups in total. The lowest BCUT2D eigenvalue weighted by molar-refractivity contribution is -0.114. The molecule has 3 aliphatic heterocycles. The van der Waals surface area contributed by atoms with Crippen molar-refractivity contribution in [2.75, 3.05) is 5.32 Å². The first-order valence-electron chi connectivity index (χ1n) is 12.4. The number of H-pyrrole nitrogens is 1. The second kappa shape index (κ2) is 9.68. The number of allylic oxidation sites excluding steroid dienone is 2. The van der Waals surface area contributed by atoms with Gasteiger partial charge in [0, 0.05) is 30.2 Å². The highest BCUT2D eigenvalue weighted by atomic mass is 19.1. The first kappa shape index (κ1) is 24.3. The predicted molar refractivity (Wildman–Crippen MR) is 145 cm³/mol. The number of aromatic nitrogens is 4. The fourth-order valence-electron chi connectivity index (χ4n) is 4.91. The third-order valence-corrected chi connectivity index (χ3v) is 6.80. The SMILES string of the molecule is C=C(F)C(=O)Nc1ccc(-c2cc3c(c4c5c([nH]cnc=5n2C)=NC4)CC=C(Oc2cccc(C)n2)C=3)cc1. The van der Waals surface area contributed by atoms with Gasteiger partial charge in [0.05, 0.1) is 18.1 Å². The van der Waals surface area contributed by atoms with Crippen LogP contribution in [-0.2, 0) is 24.8 Å². The first-order valence-corrected chi connectivity index (χ1v) is 12.4. The largest absolute Gasteiger partial charge is 0.439 e. The zero-order valence-electron chi connectivity index (χ0n) is 21.5. The van der Waals surface area contributed by atoms with Crippen LogP contribution in [0, 0.1) is 17.6 Å². The fourth-order valence-corrected chi connectivity index (χ4v) is 4.91. The number of hydrogen-bond donors (Lipinski definition) is 2. The number of benzene rings is 1. The van der Waals surface area contributed by atoms with Crippen LogP contribution in [0.25, 0.3) is 17.3 Å². The number of halogens is 1. The van der Waals surface area contributed by atoms with E-state index in [2.05, 4.69) is 39.0 Å². The van der Waals surface area contributed by atoms with Crippen molar-refractivity contribution in [2.24, 2.45) is 12.0 Å². The summed E-state index contributed by atoms with van der Waals surface area (Å²) >= 11 is 0. The van der Waals surface area contributed by atoms with Crippen molar-refractivity contribution in [2.45, 2.75) is 19.9 Å². The summed E-state index contributed by atoms with van der Waals surface area (Å²) in [7, 11) is 1.96. The van der Waals surface area contributed by atoms with Crippen molar-refractivity contribution in [3.05, 3.63) is 117 Å². The van der Waals surface area contributed by atoms with Crippen molar-refractivity contribution >= 4 is 17.7 Å². The molecule has 0 bridgehead atoms. The summed E-state index contributed by atoms with van der Waals surface area (Å²) in [5, 5.41) is 4.48. The van der Waals surface area contributed by atoms with E-state index in [0.717, 1.165) is 49.5 Å². The molecule has 1 amide bonds. The van der Waals surface area contributed by atoms with Gasteiger partial charge < -0.3 is 19.6 Å². The number of fused-ring (bicyclic) bond motifs is 2. The number of amides is 1. The summed E-state index contributed by atoms with van der Waals surface area (Å²) in [4.78, 5) is 28.8. The van der Waals surface area contributed by atoms with Gasteiger partial charge in [0.15, 0.2) is 5.83 Å². The topological polar surface area (TPSA) is 97.2 Å². The van der Waals surface area contributed by atoms with Gasteiger partial charge in [0.1, 0.15) is 16.7 Å². The molecule has 0 unspecified atom stereocenters. The van der Waals surface area contributed by atoms with Crippen molar-refractivity contribution < 1.29 is 13.9 Å². The van der Waals surface area contributed by atoms with Crippen LogP contribution in [-0.4, -0.2) is 25.4 Å².